The summed E-state index contributed by atoms with van der Waals surface area (Å²) in [5.74, 6) is 0. The van der Waals surface area contributed by atoms with Gasteiger partial charge in [-0.3, -0.25) is 0 Å². The topological polar surface area (TPSA) is 73.5 Å². The van der Waals surface area contributed by atoms with Crippen LogP contribution in [0.2, 0.25) is 0 Å². The van der Waals surface area contributed by atoms with Gasteiger partial charge in [-0.05, 0) is 181 Å². The van der Waals surface area contributed by atoms with Crippen LogP contribution >= 0.6 is 0 Å². The summed E-state index contributed by atoms with van der Waals surface area (Å²) >= 11 is 0. The van der Waals surface area contributed by atoms with Gasteiger partial charge in [0.05, 0.1) is 137 Å². The lowest BCUT2D eigenvalue weighted by Gasteiger charge is -2.49. The van der Waals surface area contributed by atoms with Crippen molar-refractivity contribution in [3.63, 3.8) is 0 Å². The van der Waals surface area contributed by atoms with E-state index in [1.165, 1.54) is 0 Å². The largest absolute Gasteiger partial charge is 0.306 e. The Morgan fingerprint density at radius 2 is 0.324 bits per heavy atom. The summed E-state index contributed by atoms with van der Waals surface area (Å²) in [6, 6.07) is 134. The van der Waals surface area contributed by atoms with Gasteiger partial charge in [-0.1, -0.05) is 194 Å². The highest BCUT2D eigenvalue weighted by molar-refractivity contribution is 6.24. The molecule has 0 aliphatic carbocycles. The maximum absolute atomic E-state index is 10.9. The zero-order valence-corrected chi connectivity index (χ0v) is 55.1. The van der Waals surface area contributed by atoms with Gasteiger partial charge in [-0.2, -0.15) is 10.5 Å². The number of anilines is 24. The number of benzene rings is 15. The Hall–Kier alpha value is -14.3. The lowest BCUT2D eigenvalue weighted by Crippen LogP contribution is -2.31. The molecule has 0 N–H and O–H groups in total. The molecule has 0 radical (unpaired) electrons. The van der Waals surface area contributed by atoms with Crippen LogP contribution in [0.5, 0.6) is 0 Å². The summed E-state index contributed by atoms with van der Waals surface area (Å²) in [4.78, 5) is 19.7. The molecule has 10 heteroatoms. The second kappa shape index (κ2) is 24.3. The van der Waals surface area contributed by atoms with Gasteiger partial charge in [0.1, 0.15) is 0 Å². The van der Waals surface area contributed by atoms with Crippen molar-refractivity contribution in [3.05, 3.63) is 375 Å². The molecule has 4 heterocycles. The molecule has 0 amide bonds. The van der Waals surface area contributed by atoms with Gasteiger partial charge in [0.15, 0.2) is 0 Å². The van der Waals surface area contributed by atoms with Crippen LogP contribution in [0.4, 0.5) is 136 Å². The van der Waals surface area contributed by atoms with E-state index in [-0.39, 0.29) is 0 Å². The average molecular weight is 1310 g/mol. The molecular weight excluding hydrogens is 1250 g/mol. The second-order valence-corrected chi connectivity index (χ2v) is 25.5. The molecule has 0 aromatic heterocycles. The van der Waals surface area contributed by atoms with Gasteiger partial charge in [0.25, 0.3) is 0 Å². The molecule has 0 atom stereocenters. The first-order valence-corrected chi connectivity index (χ1v) is 34.2. The Bertz CT molecular complexity index is 5440. The molecule has 102 heavy (non-hydrogen) atoms. The monoisotopic (exact) mass is 1300 g/mol. The molecule has 15 aromatic carbocycles. The number of para-hydroxylation sites is 20. The van der Waals surface area contributed by atoms with E-state index < -0.39 is 0 Å². The smallest absolute Gasteiger partial charge is 0.0991 e. The summed E-state index contributed by atoms with van der Waals surface area (Å²) in [5, 5.41) is 21.9. The van der Waals surface area contributed by atoms with E-state index in [4.69, 9.17) is 0 Å². The number of hydrogen-bond acceptors (Lipinski definition) is 10. The summed E-state index contributed by atoms with van der Waals surface area (Å²) in [5.41, 5.74) is 27.0. The number of nitriles is 2. The van der Waals surface area contributed by atoms with Crippen molar-refractivity contribution in [1.82, 2.24) is 0 Å². The summed E-state index contributed by atoms with van der Waals surface area (Å²) < 4.78 is 0. The van der Waals surface area contributed by atoms with Crippen molar-refractivity contribution in [1.29, 1.82) is 10.5 Å². The van der Waals surface area contributed by atoms with Crippen LogP contribution < -0.4 is 39.2 Å². The van der Waals surface area contributed by atoms with Crippen LogP contribution in [0.25, 0.3) is 22.3 Å². The van der Waals surface area contributed by atoms with Crippen molar-refractivity contribution in [2.24, 2.45) is 0 Å². The first kappa shape index (κ1) is 59.0. The molecule has 15 aromatic rings. The minimum Gasteiger partial charge on any atom is -0.306 e. The molecule has 0 saturated heterocycles. The molecule has 478 valence electrons. The first-order chi connectivity index (χ1) is 50.6. The van der Waals surface area contributed by atoms with Crippen molar-refractivity contribution in [2.45, 2.75) is 0 Å². The van der Waals surface area contributed by atoms with Gasteiger partial charge >= 0.3 is 0 Å². The SMILES string of the molecule is N#Cc1ccc(-c2c(N3c4ccccc4N(c4ccccc4)c4ccccc43)c(-c3ccc(C#N)cc3)c(N3c4ccccc4N(c4ccccc4)c4ccccc43)c(N3c4ccccc4N(c4ccccc4)c4ccccc43)c2N2c3ccccc3N(c3ccccc3)c3ccccc32)cc1. The van der Waals surface area contributed by atoms with Gasteiger partial charge in [-0.15, -0.1) is 0 Å². The Morgan fingerprint density at radius 1 is 0.157 bits per heavy atom. The lowest BCUT2D eigenvalue weighted by molar-refractivity contribution is 1.11. The van der Waals surface area contributed by atoms with Crippen LogP contribution in [0.15, 0.2) is 364 Å². The molecular formula is C92H60N10. The minimum atomic E-state index is 0.523. The van der Waals surface area contributed by atoms with Gasteiger partial charge in [0.2, 0.25) is 0 Å². The standard InChI is InChI=1S/C92H60N10/c93-61-63-53-57-65(58-54-63)87-89(99-79-45-21-13-37-71(79)95(67-29-5-1-6-30-67)72-38-14-22-46-80(72)99)88(66-59-55-64(62-94)56-60-66)91(101-83-49-25-17-41-75(83)97(69-33-9-3-10-34-69)76-42-18-26-50-84(76)101)92(102-85-51-27-19-43-77(85)98(70-35-11-4-12-36-70)78-44-20-28-52-86(78)102)90(87)100-81-47-23-15-39-73(81)96(68-31-7-2-8-32-68)74-40-16-24-48-82(74)100/h1-60H. The van der Waals surface area contributed by atoms with Gasteiger partial charge < -0.3 is 39.2 Å². The number of fused-ring (bicyclic) bond motifs is 8. The molecule has 0 unspecified atom stereocenters. The molecule has 4 aliphatic heterocycles. The predicted octanol–water partition coefficient (Wildman–Crippen LogP) is 25.8. The highest BCUT2D eigenvalue weighted by Gasteiger charge is 2.46. The van der Waals surface area contributed by atoms with Crippen molar-refractivity contribution >= 4 is 136 Å². The lowest BCUT2D eigenvalue weighted by atomic mass is 9.85. The Balaban J connectivity index is 1.10. The Labute approximate surface area is 592 Å². The fourth-order valence-corrected chi connectivity index (χ4v) is 15.7. The zero-order valence-electron chi connectivity index (χ0n) is 55.1. The maximum Gasteiger partial charge on any atom is 0.0991 e. The van der Waals surface area contributed by atoms with E-state index in [2.05, 4.69) is 391 Å². The van der Waals surface area contributed by atoms with Crippen molar-refractivity contribution < 1.29 is 0 Å². The highest BCUT2D eigenvalue weighted by atomic mass is 15.4. The molecule has 0 fully saturated rings. The van der Waals surface area contributed by atoms with E-state index in [0.29, 0.717) is 11.1 Å². The third-order valence-electron chi connectivity index (χ3n) is 19.9. The van der Waals surface area contributed by atoms with Crippen LogP contribution in [-0.2, 0) is 0 Å². The van der Waals surface area contributed by atoms with Gasteiger partial charge in [-0.25, -0.2) is 0 Å². The molecule has 0 saturated carbocycles. The van der Waals surface area contributed by atoms with E-state index in [0.717, 1.165) is 159 Å². The quantitative estimate of drug-likeness (QED) is 0.132. The fraction of sp³-hybridized carbons (Fsp3) is 0. The summed E-state index contributed by atoms with van der Waals surface area (Å²) in [6.45, 7) is 0. The molecule has 0 spiro atoms. The molecule has 4 aliphatic rings. The molecule has 10 nitrogen and oxygen atoms in total. The molecule has 0 bridgehead atoms. The third-order valence-corrected chi connectivity index (χ3v) is 19.9. The van der Waals surface area contributed by atoms with Crippen molar-refractivity contribution in [2.75, 3.05) is 39.2 Å². The second-order valence-electron chi connectivity index (χ2n) is 25.5. The number of rotatable bonds is 10. The average Bonchev–Trinajstić information content (AvgIpc) is 0.680. The van der Waals surface area contributed by atoms with Crippen LogP contribution in [-0.4, -0.2) is 0 Å². The van der Waals surface area contributed by atoms with Crippen LogP contribution in [0, 0.1) is 22.7 Å². The summed E-state index contributed by atoms with van der Waals surface area (Å²) in [6.07, 6.45) is 0. The number of nitrogens with zero attached hydrogens (tertiary/aromatic N) is 10. The third kappa shape index (κ3) is 9.25. The number of hydrogen-bond donors (Lipinski definition) is 0. The minimum absolute atomic E-state index is 0.523. The van der Waals surface area contributed by atoms with Crippen LogP contribution in [0.1, 0.15) is 11.1 Å². The normalized spacial score (nSPS) is 12.9. The van der Waals surface area contributed by atoms with E-state index in [1.54, 1.807) is 0 Å². The van der Waals surface area contributed by atoms with Gasteiger partial charge in [0, 0.05) is 33.9 Å². The summed E-state index contributed by atoms with van der Waals surface area (Å²) in [7, 11) is 0. The maximum atomic E-state index is 10.9. The zero-order chi connectivity index (χ0) is 67.8. The van der Waals surface area contributed by atoms with E-state index in [1.807, 2.05) is 24.3 Å². The van der Waals surface area contributed by atoms with Crippen LogP contribution in [0.3, 0.4) is 0 Å². The first-order valence-electron chi connectivity index (χ1n) is 34.2. The molecule has 19 rings (SSSR count). The van der Waals surface area contributed by atoms with Crippen molar-refractivity contribution in [3.8, 4) is 34.4 Å². The van der Waals surface area contributed by atoms with E-state index >= 15 is 0 Å². The fourth-order valence-electron chi connectivity index (χ4n) is 15.7. The Morgan fingerprint density at radius 3 is 0.520 bits per heavy atom. The van der Waals surface area contributed by atoms with E-state index in [9.17, 15) is 10.5 Å². The highest BCUT2D eigenvalue weighted by Crippen LogP contribution is 2.71. The predicted molar refractivity (Wildman–Crippen MR) is 418 cm³/mol. The Kier molecular flexibility index (Phi) is 14.1.